The van der Waals surface area contributed by atoms with Crippen molar-refractivity contribution in [2.45, 2.75) is 156 Å². The predicted octanol–water partition coefficient (Wildman–Crippen LogP) is 10.2. The first-order valence-corrected chi connectivity index (χ1v) is 15.0. The van der Waals surface area contributed by atoms with E-state index in [1.54, 1.807) is 0 Å². The van der Waals surface area contributed by atoms with Crippen LogP contribution in [0.15, 0.2) is 0 Å². The molecule has 2 heteroatoms. The van der Waals surface area contributed by atoms with Crippen molar-refractivity contribution < 1.29 is 8.78 Å². The minimum Gasteiger partial charge on any atom is -0.247 e. The van der Waals surface area contributed by atoms with E-state index >= 15 is 8.78 Å². The van der Waals surface area contributed by atoms with Crippen molar-refractivity contribution in [3.8, 4) is 0 Å². The molecule has 5 fully saturated rings. The fourth-order valence-electron chi connectivity index (χ4n) is 9.13. The van der Waals surface area contributed by atoms with Crippen molar-refractivity contribution >= 4 is 0 Å². The Kier molecular flexibility index (Phi) is 8.22. The molecule has 5 rings (SSSR count). The van der Waals surface area contributed by atoms with Gasteiger partial charge in [-0.1, -0.05) is 59.8 Å². The van der Waals surface area contributed by atoms with Crippen molar-refractivity contribution in [3.63, 3.8) is 0 Å². The molecule has 0 radical (unpaired) electrons. The molecule has 2 unspecified atom stereocenters. The quantitative estimate of drug-likeness (QED) is 0.298. The van der Waals surface area contributed by atoms with Crippen LogP contribution in [0.2, 0.25) is 0 Å². The van der Waals surface area contributed by atoms with Gasteiger partial charge in [0.25, 0.3) is 0 Å². The normalized spacial score (nSPS) is 44.2. The van der Waals surface area contributed by atoms with Gasteiger partial charge in [0.1, 0.15) is 12.3 Å². The highest BCUT2D eigenvalue weighted by Gasteiger charge is 2.52. The van der Waals surface area contributed by atoms with Crippen molar-refractivity contribution in [1.82, 2.24) is 0 Å². The number of hydrogen-bond acceptors (Lipinski definition) is 0. The van der Waals surface area contributed by atoms with Gasteiger partial charge in [0, 0.05) is 5.92 Å². The Morgan fingerprint density at radius 3 is 1.82 bits per heavy atom. The lowest BCUT2D eigenvalue weighted by atomic mass is 9.48. The molecule has 0 aliphatic heterocycles. The van der Waals surface area contributed by atoms with Gasteiger partial charge in [0.2, 0.25) is 0 Å². The molecule has 0 spiro atoms. The minimum atomic E-state index is -0.949. The van der Waals surface area contributed by atoms with E-state index < -0.39 is 18.3 Å². The third kappa shape index (κ3) is 5.66. The molecule has 192 valence electrons. The maximum absolute atomic E-state index is 15.5. The summed E-state index contributed by atoms with van der Waals surface area (Å²) in [5.41, 5.74) is 1.06. The summed E-state index contributed by atoms with van der Waals surface area (Å²) in [6.45, 7) is 9.02. The molecule has 0 saturated heterocycles. The summed E-state index contributed by atoms with van der Waals surface area (Å²) in [5.74, 6) is 1.36. The maximum Gasteiger partial charge on any atom is 0.106 e. The topological polar surface area (TPSA) is 0 Å². The summed E-state index contributed by atoms with van der Waals surface area (Å²) in [6, 6.07) is 0. The number of halogens is 2. The van der Waals surface area contributed by atoms with Crippen LogP contribution >= 0.6 is 0 Å². The number of fused-ring (bicyclic) bond motifs is 3. The zero-order valence-corrected chi connectivity index (χ0v) is 22.4. The van der Waals surface area contributed by atoms with Gasteiger partial charge in [0.15, 0.2) is 0 Å². The third-order valence-electron chi connectivity index (χ3n) is 11.6. The number of unbranched alkanes of at least 4 members (excludes halogenated alkanes) is 4. The van der Waals surface area contributed by atoms with Gasteiger partial charge >= 0.3 is 0 Å². The lowest BCUT2D eigenvalue weighted by Crippen LogP contribution is -2.47. The summed E-state index contributed by atoms with van der Waals surface area (Å²) in [5, 5.41) is 0. The molecule has 2 atom stereocenters. The molecule has 0 aromatic heterocycles. The van der Waals surface area contributed by atoms with Crippen LogP contribution in [0.5, 0.6) is 0 Å². The molecule has 0 amide bonds. The van der Waals surface area contributed by atoms with Gasteiger partial charge in [-0.15, -0.1) is 0 Å². The summed E-state index contributed by atoms with van der Waals surface area (Å²) in [6.07, 6.45) is 20.3. The molecule has 0 N–H and O–H groups in total. The van der Waals surface area contributed by atoms with E-state index in [-0.39, 0.29) is 11.3 Å². The summed E-state index contributed by atoms with van der Waals surface area (Å²) < 4.78 is 31.0. The van der Waals surface area contributed by atoms with Crippen molar-refractivity contribution in [2.24, 2.45) is 39.9 Å². The second-order valence-corrected chi connectivity index (χ2v) is 14.2. The monoisotopic (exact) mass is 464 g/mol. The Hall–Kier alpha value is -0.140. The standard InChI is InChI=1S/C31H54F2/c1-5-6-7-8-9-14-29(2,3)28-26(32)21-24(22-27(28)33)23-10-12-25(13-11-23)31-18-15-30(4,16-19-31)17-20-31/h23-28H,5-22H2,1-4H3. The van der Waals surface area contributed by atoms with Gasteiger partial charge in [-0.25, -0.2) is 8.78 Å². The van der Waals surface area contributed by atoms with E-state index in [4.69, 9.17) is 0 Å². The fraction of sp³-hybridized carbons (Fsp3) is 1.00. The molecule has 5 aliphatic carbocycles. The molecule has 0 heterocycles. The largest absolute Gasteiger partial charge is 0.247 e. The second kappa shape index (κ2) is 10.5. The Bertz CT molecular complexity index is 580. The van der Waals surface area contributed by atoms with Gasteiger partial charge in [-0.3, -0.25) is 0 Å². The molecule has 33 heavy (non-hydrogen) atoms. The van der Waals surface area contributed by atoms with Crippen molar-refractivity contribution in [1.29, 1.82) is 0 Å². The van der Waals surface area contributed by atoms with Gasteiger partial charge in [0.05, 0.1) is 0 Å². The zero-order chi connectivity index (χ0) is 23.7. The smallest absolute Gasteiger partial charge is 0.106 e. The van der Waals surface area contributed by atoms with E-state index in [1.807, 2.05) is 0 Å². The van der Waals surface area contributed by atoms with Crippen LogP contribution in [0.25, 0.3) is 0 Å². The number of alkyl halides is 2. The molecule has 5 saturated carbocycles. The number of rotatable bonds is 9. The van der Waals surface area contributed by atoms with Crippen LogP contribution in [-0.4, -0.2) is 12.3 Å². The van der Waals surface area contributed by atoms with Crippen molar-refractivity contribution in [3.05, 3.63) is 0 Å². The van der Waals surface area contributed by atoms with Gasteiger partial charge < -0.3 is 0 Å². The fourth-order valence-corrected chi connectivity index (χ4v) is 9.13. The summed E-state index contributed by atoms with van der Waals surface area (Å²) in [4.78, 5) is 0. The molecular formula is C31H54F2. The summed E-state index contributed by atoms with van der Waals surface area (Å²) in [7, 11) is 0. The Balaban J connectivity index is 1.26. The molecule has 0 nitrogen and oxygen atoms in total. The third-order valence-corrected chi connectivity index (χ3v) is 11.6. The molecular weight excluding hydrogens is 410 g/mol. The Morgan fingerprint density at radius 1 is 0.727 bits per heavy atom. The lowest BCUT2D eigenvalue weighted by Gasteiger charge is -2.57. The van der Waals surface area contributed by atoms with E-state index in [9.17, 15) is 0 Å². The second-order valence-electron chi connectivity index (χ2n) is 14.2. The van der Waals surface area contributed by atoms with E-state index in [2.05, 4.69) is 27.7 Å². The highest BCUT2D eigenvalue weighted by atomic mass is 19.1. The Labute approximate surface area is 204 Å². The van der Waals surface area contributed by atoms with Crippen molar-refractivity contribution in [2.75, 3.05) is 0 Å². The van der Waals surface area contributed by atoms with E-state index in [0.29, 0.717) is 29.6 Å². The first kappa shape index (κ1) is 25.9. The van der Waals surface area contributed by atoms with Crippen LogP contribution in [0, 0.1) is 39.9 Å². The first-order valence-electron chi connectivity index (χ1n) is 15.0. The van der Waals surface area contributed by atoms with E-state index in [0.717, 1.165) is 18.8 Å². The summed E-state index contributed by atoms with van der Waals surface area (Å²) >= 11 is 0. The average molecular weight is 465 g/mol. The first-order chi connectivity index (χ1) is 15.7. The Morgan fingerprint density at radius 2 is 1.27 bits per heavy atom. The van der Waals surface area contributed by atoms with Crippen LogP contribution in [0.1, 0.15) is 143 Å². The minimum absolute atomic E-state index is 0.219. The lowest BCUT2D eigenvalue weighted by molar-refractivity contribution is -0.0678. The molecule has 5 aliphatic rings. The van der Waals surface area contributed by atoms with Crippen LogP contribution in [0.4, 0.5) is 8.78 Å². The SMILES string of the molecule is CCCCCCCC(C)(C)C1C(F)CC(C2CCC(C34CCC(C)(CC3)CC4)CC2)CC1F. The zero-order valence-electron chi connectivity index (χ0n) is 22.4. The highest BCUT2D eigenvalue weighted by Crippen LogP contribution is 2.62. The molecule has 2 bridgehead atoms. The van der Waals surface area contributed by atoms with Crippen LogP contribution in [0.3, 0.4) is 0 Å². The average Bonchev–Trinajstić information content (AvgIpc) is 2.79. The highest BCUT2D eigenvalue weighted by molar-refractivity contribution is 5.02. The number of hydrogen-bond donors (Lipinski definition) is 0. The van der Waals surface area contributed by atoms with Gasteiger partial charge in [-0.2, -0.15) is 0 Å². The molecule has 0 aromatic carbocycles. The van der Waals surface area contributed by atoms with Crippen LogP contribution < -0.4 is 0 Å². The van der Waals surface area contributed by atoms with Gasteiger partial charge in [-0.05, 0) is 117 Å². The molecule has 0 aromatic rings. The predicted molar refractivity (Wildman–Crippen MR) is 137 cm³/mol. The van der Waals surface area contributed by atoms with E-state index in [1.165, 1.54) is 89.9 Å². The van der Waals surface area contributed by atoms with Crippen LogP contribution in [-0.2, 0) is 0 Å². The maximum atomic E-state index is 15.5.